The largest absolute Gasteiger partial charge is 0.356 e. The molecule has 4 rings (SSSR count). The SMILES string of the molecule is CC(=O)N([C@H](C)c1ccccc1)[C@@H]1CCCc2c1[nH]c1ccc(C)cc21. The number of carbonyl (C=O) groups is 1. The lowest BCUT2D eigenvalue weighted by Crippen LogP contribution is -2.37. The number of nitrogens with zero attached hydrogens (tertiary/aromatic N) is 1. The second-order valence-corrected chi connectivity index (χ2v) is 7.49. The molecule has 3 aromatic rings. The smallest absolute Gasteiger partial charge is 0.220 e. The van der Waals surface area contributed by atoms with Gasteiger partial charge in [0.15, 0.2) is 0 Å². The van der Waals surface area contributed by atoms with E-state index in [9.17, 15) is 4.79 Å². The molecule has 3 nitrogen and oxygen atoms in total. The number of fused-ring (bicyclic) bond motifs is 3. The maximum Gasteiger partial charge on any atom is 0.220 e. The molecular weight excluding hydrogens is 320 g/mol. The van der Waals surface area contributed by atoms with E-state index < -0.39 is 0 Å². The van der Waals surface area contributed by atoms with Gasteiger partial charge in [-0.05, 0) is 56.4 Å². The Bertz CT molecular complexity index is 942. The summed E-state index contributed by atoms with van der Waals surface area (Å²) in [6.45, 7) is 5.97. The zero-order valence-corrected chi connectivity index (χ0v) is 15.8. The Morgan fingerprint density at radius 1 is 1.19 bits per heavy atom. The van der Waals surface area contributed by atoms with Crippen molar-refractivity contribution in [3.05, 3.63) is 70.9 Å². The fraction of sp³-hybridized carbons (Fsp3) is 0.348. The quantitative estimate of drug-likeness (QED) is 0.671. The summed E-state index contributed by atoms with van der Waals surface area (Å²) in [6, 6.07) is 17.1. The minimum atomic E-state index is 0.0535. The molecule has 1 aliphatic rings. The number of hydrogen-bond acceptors (Lipinski definition) is 1. The van der Waals surface area contributed by atoms with Crippen LogP contribution in [0, 0.1) is 6.92 Å². The fourth-order valence-corrected chi connectivity index (χ4v) is 4.49. The van der Waals surface area contributed by atoms with E-state index in [1.165, 1.54) is 33.3 Å². The summed E-state index contributed by atoms with van der Waals surface area (Å²) in [5.74, 6) is 0.133. The van der Waals surface area contributed by atoms with Crippen LogP contribution in [-0.4, -0.2) is 15.8 Å². The molecule has 0 saturated carbocycles. The minimum absolute atomic E-state index is 0.0535. The van der Waals surface area contributed by atoms with Gasteiger partial charge in [0.25, 0.3) is 0 Å². The number of aryl methyl sites for hydroxylation is 2. The van der Waals surface area contributed by atoms with Crippen molar-refractivity contribution in [1.82, 2.24) is 9.88 Å². The number of rotatable bonds is 3. The third kappa shape index (κ3) is 2.82. The van der Waals surface area contributed by atoms with Crippen molar-refractivity contribution < 1.29 is 4.79 Å². The van der Waals surface area contributed by atoms with E-state index in [0.717, 1.165) is 19.3 Å². The lowest BCUT2D eigenvalue weighted by molar-refractivity contribution is -0.134. The van der Waals surface area contributed by atoms with Crippen LogP contribution in [0.4, 0.5) is 0 Å². The predicted molar refractivity (Wildman–Crippen MR) is 106 cm³/mol. The zero-order chi connectivity index (χ0) is 18.3. The van der Waals surface area contributed by atoms with Crippen molar-refractivity contribution in [1.29, 1.82) is 0 Å². The number of aromatic amines is 1. The Morgan fingerprint density at radius 2 is 1.96 bits per heavy atom. The van der Waals surface area contributed by atoms with Crippen LogP contribution in [0.15, 0.2) is 48.5 Å². The molecule has 0 fully saturated rings. The number of amides is 1. The molecule has 0 unspecified atom stereocenters. The van der Waals surface area contributed by atoms with Crippen molar-refractivity contribution in [2.45, 2.75) is 52.1 Å². The van der Waals surface area contributed by atoms with Gasteiger partial charge in [-0.2, -0.15) is 0 Å². The normalized spacial score (nSPS) is 17.7. The molecule has 1 aliphatic carbocycles. The van der Waals surface area contributed by atoms with Crippen LogP contribution in [0.1, 0.15) is 61.2 Å². The summed E-state index contributed by atoms with van der Waals surface area (Å²) in [6.07, 6.45) is 3.21. The highest BCUT2D eigenvalue weighted by atomic mass is 16.2. The Hall–Kier alpha value is -2.55. The number of aromatic nitrogens is 1. The van der Waals surface area contributed by atoms with E-state index in [2.05, 4.69) is 54.1 Å². The highest BCUT2D eigenvalue weighted by Crippen LogP contribution is 2.41. The molecule has 26 heavy (non-hydrogen) atoms. The molecule has 1 aromatic heterocycles. The van der Waals surface area contributed by atoms with Crippen molar-refractivity contribution >= 4 is 16.8 Å². The molecule has 1 amide bonds. The van der Waals surface area contributed by atoms with Crippen LogP contribution in [0.25, 0.3) is 10.9 Å². The summed E-state index contributed by atoms with van der Waals surface area (Å²) >= 11 is 0. The van der Waals surface area contributed by atoms with Gasteiger partial charge in [-0.25, -0.2) is 0 Å². The van der Waals surface area contributed by atoms with Crippen LogP contribution < -0.4 is 0 Å². The van der Waals surface area contributed by atoms with Gasteiger partial charge < -0.3 is 9.88 Å². The first-order chi connectivity index (χ1) is 12.6. The molecule has 3 heteroatoms. The second-order valence-electron chi connectivity index (χ2n) is 7.49. The molecule has 1 N–H and O–H groups in total. The van der Waals surface area contributed by atoms with Gasteiger partial charge >= 0.3 is 0 Å². The van der Waals surface area contributed by atoms with Gasteiger partial charge in [0.2, 0.25) is 5.91 Å². The standard InChI is InChI=1S/C23H26N2O/c1-15-12-13-21-20(14-15)19-10-7-11-22(23(19)24-21)25(17(3)26)16(2)18-8-5-4-6-9-18/h4-6,8-9,12-14,16,22,24H,7,10-11H2,1-3H3/t16-,22-/m1/s1. The maximum absolute atomic E-state index is 12.6. The Morgan fingerprint density at radius 3 is 2.69 bits per heavy atom. The van der Waals surface area contributed by atoms with E-state index in [-0.39, 0.29) is 18.0 Å². The summed E-state index contributed by atoms with van der Waals surface area (Å²) in [4.78, 5) is 18.4. The number of carbonyl (C=O) groups excluding carboxylic acids is 1. The van der Waals surface area contributed by atoms with Gasteiger partial charge in [-0.3, -0.25) is 4.79 Å². The summed E-state index contributed by atoms with van der Waals surface area (Å²) in [5.41, 5.74) is 6.27. The van der Waals surface area contributed by atoms with Crippen LogP contribution in [0.5, 0.6) is 0 Å². The van der Waals surface area contributed by atoms with Gasteiger partial charge in [-0.1, -0.05) is 42.0 Å². The average molecular weight is 346 g/mol. The number of nitrogens with one attached hydrogen (secondary N) is 1. The number of benzene rings is 2. The number of H-pyrrole nitrogens is 1. The lowest BCUT2D eigenvalue weighted by Gasteiger charge is -2.38. The molecule has 2 atom stereocenters. The van der Waals surface area contributed by atoms with E-state index in [1.807, 2.05) is 18.2 Å². The van der Waals surface area contributed by atoms with Gasteiger partial charge in [-0.15, -0.1) is 0 Å². The van der Waals surface area contributed by atoms with Crippen molar-refractivity contribution in [3.8, 4) is 0 Å². The summed E-state index contributed by atoms with van der Waals surface area (Å²) in [7, 11) is 0. The monoisotopic (exact) mass is 346 g/mol. The minimum Gasteiger partial charge on any atom is -0.356 e. The van der Waals surface area contributed by atoms with Gasteiger partial charge in [0.05, 0.1) is 12.1 Å². The Labute approximate surface area is 155 Å². The average Bonchev–Trinajstić information content (AvgIpc) is 3.01. The molecule has 0 saturated heterocycles. The third-order valence-corrected chi connectivity index (χ3v) is 5.73. The van der Waals surface area contributed by atoms with Crippen LogP contribution in [-0.2, 0) is 11.2 Å². The zero-order valence-electron chi connectivity index (χ0n) is 15.8. The molecule has 0 aliphatic heterocycles. The first-order valence-electron chi connectivity index (χ1n) is 9.51. The van der Waals surface area contributed by atoms with Gasteiger partial charge in [0, 0.05) is 23.5 Å². The van der Waals surface area contributed by atoms with Crippen LogP contribution in [0.2, 0.25) is 0 Å². The predicted octanol–water partition coefficient (Wildman–Crippen LogP) is 5.46. The van der Waals surface area contributed by atoms with Crippen LogP contribution in [0.3, 0.4) is 0 Å². The van der Waals surface area contributed by atoms with E-state index in [1.54, 1.807) is 6.92 Å². The summed E-state index contributed by atoms with van der Waals surface area (Å²) in [5, 5.41) is 1.32. The summed E-state index contributed by atoms with van der Waals surface area (Å²) < 4.78 is 0. The molecule has 2 aromatic carbocycles. The van der Waals surface area contributed by atoms with Crippen LogP contribution >= 0.6 is 0 Å². The fourth-order valence-electron chi connectivity index (χ4n) is 4.49. The van der Waals surface area contributed by atoms with E-state index in [4.69, 9.17) is 0 Å². The molecule has 134 valence electrons. The lowest BCUT2D eigenvalue weighted by atomic mass is 9.89. The van der Waals surface area contributed by atoms with E-state index in [0.29, 0.717) is 0 Å². The second kappa shape index (κ2) is 6.64. The molecule has 0 bridgehead atoms. The highest BCUT2D eigenvalue weighted by molar-refractivity contribution is 5.86. The topological polar surface area (TPSA) is 36.1 Å². The Balaban J connectivity index is 1.79. The molecular formula is C23H26N2O. The van der Waals surface area contributed by atoms with Crippen molar-refractivity contribution in [2.24, 2.45) is 0 Å². The number of hydrogen-bond donors (Lipinski definition) is 1. The van der Waals surface area contributed by atoms with Gasteiger partial charge in [0.1, 0.15) is 0 Å². The first kappa shape index (κ1) is 16.9. The molecule has 0 spiro atoms. The highest BCUT2D eigenvalue weighted by Gasteiger charge is 2.33. The third-order valence-electron chi connectivity index (χ3n) is 5.73. The Kier molecular flexibility index (Phi) is 4.31. The maximum atomic E-state index is 12.6. The molecule has 1 heterocycles. The van der Waals surface area contributed by atoms with E-state index >= 15 is 0 Å². The van der Waals surface area contributed by atoms with Crippen molar-refractivity contribution in [3.63, 3.8) is 0 Å². The first-order valence-corrected chi connectivity index (χ1v) is 9.51. The van der Waals surface area contributed by atoms with Crippen molar-refractivity contribution in [2.75, 3.05) is 0 Å². The molecule has 0 radical (unpaired) electrons.